The largest absolute Gasteiger partial charge is 0.464 e. The number of hydrogen-bond donors (Lipinski definition) is 1. The van der Waals surface area contributed by atoms with Crippen LogP contribution < -0.4 is 5.73 Å². The Balaban J connectivity index is 2.15. The highest BCUT2D eigenvalue weighted by Gasteiger charge is 2.63. The predicted octanol–water partition coefficient (Wildman–Crippen LogP) is 3.29. The van der Waals surface area contributed by atoms with Crippen LogP contribution in [0.25, 0.3) is 0 Å². The van der Waals surface area contributed by atoms with E-state index in [1.54, 1.807) is 20.1 Å². The van der Waals surface area contributed by atoms with E-state index in [4.69, 9.17) is 15.2 Å². The van der Waals surface area contributed by atoms with E-state index in [1.807, 2.05) is 12.1 Å². The van der Waals surface area contributed by atoms with E-state index < -0.39 is 11.0 Å². The smallest absolute Gasteiger partial charge is 0.331 e. The van der Waals surface area contributed by atoms with Gasteiger partial charge in [0.1, 0.15) is 5.54 Å². The molecule has 1 aromatic rings. The summed E-state index contributed by atoms with van der Waals surface area (Å²) in [6, 6.07) is 7.73. The van der Waals surface area contributed by atoms with Crippen molar-refractivity contribution in [2.75, 3.05) is 13.7 Å². The van der Waals surface area contributed by atoms with E-state index in [0.29, 0.717) is 11.5 Å². The third kappa shape index (κ3) is 2.86. The molecule has 2 aliphatic rings. The summed E-state index contributed by atoms with van der Waals surface area (Å²) < 4.78 is 11.3. The van der Waals surface area contributed by atoms with Crippen LogP contribution in [-0.4, -0.2) is 25.8 Å². The van der Waals surface area contributed by atoms with Gasteiger partial charge in [-0.2, -0.15) is 5.26 Å². The van der Waals surface area contributed by atoms with Crippen LogP contribution in [0.3, 0.4) is 0 Å². The van der Waals surface area contributed by atoms with Crippen molar-refractivity contribution in [3.8, 4) is 6.07 Å². The van der Waals surface area contributed by atoms with Crippen LogP contribution in [0.15, 0.2) is 18.2 Å². The van der Waals surface area contributed by atoms with Gasteiger partial charge in [0, 0.05) is 12.5 Å². The molecule has 5 unspecified atom stereocenters. The summed E-state index contributed by atoms with van der Waals surface area (Å²) >= 11 is 0. The molecule has 1 aromatic carbocycles. The van der Waals surface area contributed by atoms with Crippen molar-refractivity contribution >= 4 is 5.97 Å². The Labute approximate surface area is 161 Å². The van der Waals surface area contributed by atoms with Gasteiger partial charge in [-0.15, -0.1) is 0 Å². The fourth-order valence-electron chi connectivity index (χ4n) is 5.69. The van der Waals surface area contributed by atoms with Crippen LogP contribution in [0.1, 0.15) is 56.7 Å². The van der Waals surface area contributed by atoms with Crippen LogP contribution in [0.5, 0.6) is 0 Å². The first-order valence-corrected chi connectivity index (χ1v) is 9.89. The average Bonchev–Trinajstić information content (AvgIpc) is 2.89. The van der Waals surface area contributed by atoms with Crippen molar-refractivity contribution < 1.29 is 14.3 Å². The zero-order valence-corrected chi connectivity index (χ0v) is 16.7. The van der Waals surface area contributed by atoms with E-state index in [2.05, 4.69) is 19.9 Å². The minimum Gasteiger partial charge on any atom is -0.464 e. The number of benzene rings is 1. The van der Waals surface area contributed by atoms with Gasteiger partial charge in [-0.05, 0) is 61.3 Å². The average molecular weight is 370 g/mol. The van der Waals surface area contributed by atoms with Gasteiger partial charge in [0.15, 0.2) is 0 Å². The SMILES string of the molecule is CCOC(=O)C1(N)c2cc(C#N)ccc2CC12CC(C)C(OC)C(CC)C2. The molecule has 5 heteroatoms. The van der Waals surface area contributed by atoms with Gasteiger partial charge in [0.2, 0.25) is 0 Å². The molecule has 0 saturated heterocycles. The molecule has 1 fully saturated rings. The standard InChI is InChI=1S/C22H30N2O3/c1-5-16-11-21(10-14(3)19(16)26-4)12-17-8-7-15(13-23)9-18(17)22(21,24)20(25)27-6-2/h7-9,14,16,19H,5-6,10-12,24H2,1-4H3. The molecule has 3 rings (SSSR count). The van der Waals surface area contributed by atoms with Crippen molar-refractivity contribution in [1.29, 1.82) is 5.26 Å². The Morgan fingerprint density at radius 3 is 2.70 bits per heavy atom. The summed E-state index contributed by atoms with van der Waals surface area (Å²) in [7, 11) is 1.77. The molecule has 5 atom stereocenters. The van der Waals surface area contributed by atoms with Gasteiger partial charge >= 0.3 is 5.97 Å². The highest BCUT2D eigenvalue weighted by molar-refractivity contribution is 5.86. The number of nitrogens with two attached hydrogens (primary N) is 1. The Bertz CT molecular complexity index is 771. The maximum Gasteiger partial charge on any atom is 0.331 e. The molecule has 2 aliphatic carbocycles. The van der Waals surface area contributed by atoms with Gasteiger partial charge in [0.05, 0.1) is 24.3 Å². The number of fused-ring (bicyclic) bond motifs is 1. The van der Waals surface area contributed by atoms with Gasteiger partial charge in [-0.25, -0.2) is 4.79 Å². The molecular formula is C22H30N2O3. The zero-order valence-electron chi connectivity index (χ0n) is 16.7. The van der Waals surface area contributed by atoms with Crippen molar-refractivity contribution in [2.24, 2.45) is 23.0 Å². The number of nitrogens with zero attached hydrogens (tertiary/aromatic N) is 1. The summed E-state index contributed by atoms with van der Waals surface area (Å²) in [6.07, 6.45) is 3.50. The van der Waals surface area contributed by atoms with Crippen LogP contribution in [0.2, 0.25) is 0 Å². The molecule has 0 amide bonds. The maximum atomic E-state index is 13.2. The lowest BCUT2D eigenvalue weighted by Crippen LogP contribution is -2.60. The topological polar surface area (TPSA) is 85.3 Å². The molecule has 0 heterocycles. The van der Waals surface area contributed by atoms with E-state index in [1.165, 1.54) is 0 Å². The first kappa shape index (κ1) is 19.9. The Kier molecular flexibility index (Phi) is 5.33. The molecule has 0 radical (unpaired) electrons. The number of methoxy groups -OCH3 is 1. The van der Waals surface area contributed by atoms with E-state index in [-0.39, 0.29) is 24.6 Å². The second kappa shape index (κ2) is 7.26. The van der Waals surface area contributed by atoms with Crippen LogP contribution in [0, 0.1) is 28.6 Å². The number of hydrogen-bond acceptors (Lipinski definition) is 5. The highest BCUT2D eigenvalue weighted by Crippen LogP contribution is 2.59. The first-order chi connectivity index (χ1) is 12.9. The van der Waals surface area contributed by atoms with E-state index in [0.717, 1.165) is 36.8 Å². The lowest BCUT2D eigenvalue weighted by atomic mass is 9.56. The third-order valence-corrected chi connectivity index (χ3v) is 6.81. The fourth-order valence-corrected chi connectivity index (χ4v) is 5.69. The van der Waals surface area contributed by atoms with E-state index in [9.17, 15) is 10.1 Å². The molecule has 2 N–H and O–H groups in total. The molecule has 146 valence electrons. The van der Waals surface area contributed by atoms with Crippen LogP contribution >= 0.6 is 0 Å². The number of carbonyl (C=O) groups is 1. The minimum absolute atomic E-state index is 0.172. The normalized spacial score (nSPS) is 34.9. The lowest BCUT2D eigenvalue weighted by Gasteiger charge is -2.51. The monoisotopic (exact) mass is 370 g/mol. The minimum atomic E-state index is -1.23. The molecule has 0 aliphatic heterocycles. The molecule has 27 heavy (non-hydrogen) atoms. The number of carbonyl (C=O) groups excluding carboxylic acids is 1. The van der Waals surface area contributed by atoms with Gasteiger partial charge in [-0.1, -0.05) is 26.3 Å². The number of esters is 1. The molecule has 5 nitrogen and oxygen atoms in total. The van der Waals surface area contributed by atoms with Gasteiger partial charge < -0.3 is 15.2 Å². The summed E-state index contributed by atoms with van der Waals surface area (Å²) in [5.41, 5.74) is 7.68. The van der Waals surface area contributed by atoms with E-state index >= 15 is 0 Å². The maximum absolute atomic E-state index is 13.2. The Morgan fingerprint density at radius 1 is 1.37 bits per heavy atom. The lowest BCUT2D eigenvalue weighted by molar-refractivity contribution is -0.162. The molecule has 0 bridgehead atoms. The van der Waals surface area contributed by atoms with Gasteiger partial charge in [-0.3, -0.25) is 0 Å². The predicted molar refractivity (Wildman–Crippen MR) is 103 cm³/mol. The second-order valence-electron chi connectivity index (χ2n) is 8.22. The zero-order chi connectivity index (χ0) is 19.8. The van der Waals surface area contributed by atoms with Crippen molar-refractivity contribution in [3.63, 3.8) is 0 Å². The number of ether oxygens (including phenoxy) is 2. The summed E-state index contributed by atoms with van der Waals surface area (Å²) in [4.78, 5) is 13.2. The molecular weight excluding hydrogens is 340 g/mol. The van der Waals surface area contributed by atoms with Crippen LogP contribution in [0.4, 0.5) is 0 Å². The number of rotatable bonds is 4. The molecule has 1 saturated carbocycles. The molecule has 1 spiro atoms. The Hall–Kier alpha value is -1.90. The summed E-state index contributed by atoms with van der Waals surface area (Å²) in [5.74, 6) is 0.244. The Morgan fingerprint density at radius 2 is 2.11 bits per heavy atom. The third-order valence-electron chi connectivity index (χ3n) is 6.81. The molecule has 0 aromatic heterocycles. The summed E-state index contributed by atoms with van der Waals surface area (Å²) in [6.45, 7) is 6.44. The summed E-state index contributed by atoms with van der Waals surface area (Å²) in [5, 5.41) is 9.35. The van der Waals surface area contributed by atoms with Crippen molar-refractivity contribution in [1.82, 2.24) is 0 Å². The number of nitriles is 1. The van der Waals surface area contributed by atoms with Gasteiger partial charge in [0.25, 0.3) is 0 Å². The van der Waals surface area contributed by atoms with Crippen molar-refractivity contribution in [2.45, 2.75) is 58.1 Å². The first-order valence-electron chi connectivity index (χ1n) is 9.89. The fraction of sp³-hybridized carbons (Fsp3) is 0.636. The van der Waals surface area contributed by atoms with Crippen molar-refractivity contribution in [3.05, 3.63) is 34.9 Å². The second-order valence-corrected chi connectivity index (χ2v) is 8.22. The highest BCUT2D eigenvalue weighted by atomic mass is 16.5. The quantitative estimate of drug-likeness (QED) is 0.822. The van der Waals surface area contributed by atoms with Crippen LogP contribution in [-0.2, 0) is 26.2 Å².